The number of nitrogens with one attached hydrogen (secondary N) is 1. The van der Waals surface area contributed by atoms with E-state index in [1.165, 1.54) is 5.56 Å². The van der Waals surface area contributed by atoms with E-state index in [0.29, 0.717) is 0 Å². The topological polar surface area (TPSA) is 29.9 Å². The molecule has 3 nitrogen and oxygen atoms in total. The third-order valence-corrected chi connectivity index (χ3v) is 1.42. The maximum Gasteiger partial charge on any atom is 0.0522 e. The zero-order valence-corrected chi connectivity index (χ0v) is 8.91. The average Bonchev–Trinajstić information content (AvgIpc) is 2.31. The summed E-state index contributed by atoms with van der Waals surface area (Å²) in [5.74, 6) is 0. The number of hydrogen-bond donors (Lipinski definition) is 1. The molecule has 0 bridgehead atoms. The molecule has 12 heavy (non-hydrogen) atoms. The SMILES string of the molecule is CNCCc1cnn(C)c1.Cl.Cl. The molecule has 0 aliphatic carbocycles. The lowest BCUT2D eigenvalue weighted by Gasteiger charge is -1.92. The molecule has 0 amide bonds. The second-order valence-corrected chi connectivity index (χ2v) is 2.38. The fourth-order valence-corrected chi connectivity index (χ4v) is 0.870. The lowest BCUT2D eigenvalue weighted by atomic mass is 10.2. The van der Waals surface area contributed by atoms with Crippen LogP contribution in [0, 0.1) is 0 Å². The molecule has 0 fully saturated rings. The van der Waals surface area contributed by atoms with Gasteiger partial charge in [-0.3, -0.25) is 4.68 Å². The molecule has 0 atom stereocenters. The summed E-state index contributed by atoms with van der Waals surface area (Å²) in [6, 6.07) is 0. The lowest BCUT2D eigenvalue weighted by Crippen LogP contribution is -2.09. The van der Waals surface area contributed by atoms with Crippen LogP contribution >= 0.6 is 24.8 Å². The minimum Gasteiger partial charge on any atom is -0.319 e. The monoisotopic (exact) mass is 211 g/mol. The lowest BCUT2D eigenvalue weighted by molar-refractivity contribution is 0.763. The summed E-state index contributed by atoms with van der Waals surface area (Å²) < 4.78 is 1.82. The largest absolute Gasteiger partial charge is 0.319 e. The van der Waals surface area contributed by atoms with Crippen molar-refractivity contribution in [1.29, 1.82) is 0 Å². The van der Waals surface area contributed by atoms with Crippen LogP contribution in [0.25, 0.3) is 0 Å². The van der Waals surface area contributed by atoms with Gasteiger partial charge in [0, 0.05) is 13.2 Å². The van der Waals surface area contributed by atoms with E-state index in [9.17, 15) is 0 Å². The number of aryl methyl sites for hydroxylation is 1. The van der Waals surface area contributed by atoms with Crippen LogP contribution in [0.15, 0.2) is 12.4 Å². The molecule has 1 rings (SSSR count). The van der Waals surface area contributed by atoms with Gasteiger partial charge in [-0.05, 0) is 25.6 Å². The third kappa shape index (κ3) is 4.59. The van der Waals surface area contributed by atoms with Crippen molar-refractivity contribution < 1.29 is 0 Å². The van der Waals surface area contributed by atoms with Gasteiger partial charge in [-0.15, -0.1) is 24.8 Å². The van der Waals surface area contributed by atoms with Crippen LogP contribution in [0.4, 0.5) is 0 Å². The molecule has 0 aliphatic rings. The number of halogens is 2. The molecule has 1 aromatic heterocycles. The van der Waals surface area contributed by atoms with E-state index in [4.69, 9.17) is 0 Å². The summed E-state index contributed by atoms with van der Waals surface area (Å²) in [4.78, 5) is 0. The number of aromatic nitrogens is 2. The minimum atomic E-state index is 0. The molecule has 1 aromatic rings. The van der Waals surface area contributed by atoms with Crippen LogP contribution in [-0.4, -0.2) is 23.4 Å². The number of nitrogens with zero attached hydrogens (tertiary/aromatic N) is 2. The number of likely N-dealkylation sites (N-methyl/N-ethyl adjacent to an activating group) is 1. The molecule has 0 saturated carbocycles. The van der Waals surface area contributed by atoms with E-state index in [2.05, 4.69) is 10.4 Å². The Bertz CT molecular complexity index is 200. The van der Waals surface area contributed by atoms with Crippen molar-refractivity contribution in [2.45, 2.75) is 6.42 Å². The van der Waals surface area contributed by atoms with Gasteiger partial charge >= 0.3 is 0 Å². The summed E-state index contributed by atoms with van der Waals surface area (Å²) >= 11 is 0. The van der Waals surface area contributed by atoms with Crippen molar-refractivity contribution in [1.82, 2.24) is 15.1 Å². The van der Waals surface area contributed by atoms with Crippen LogP contribution in [0.5, 0.6) is 0 Å². The van der Waals surface area contributed by atoms with Gasteiger partial charge in [-0.25, -0.2) is 0 Å². The van der Waals surface area contributed by atoms with Gasteiger partial charge in [0.25, 0.3) is 0 Å². The Morgan fingerprint density at radius 1 is 1.50 bits per heavy atom. The molecule has 5 heteroatoms. The van der Waals surface area contributed by atoms with Crippen molar-refractivity contribution in [2.24, 2.45) is 7.05 Å². The van der Waals surface area contributed by atoms with Crippen molar-refractivity contribution in [3.63, 3.8) is 0 Å². The number of rotatable bonds is 3. The summed E-state index contributed by atoms with van der Waals surface area (Å²) in [7, 11) is 3.89. The molecule has 72 valence electrons. The first kappa shape index (κ1) is 14.3. The van der Waals surface area contributed by atoms with E-state index in [-0.39, 0.29) is 24.8 Å². The van der Waals surface area contributed by atoms with Gasteiger partial charge < -0.3 is 5.32 Å². The number of hydrogen-bond acceptors (Lipinski definition) is 2. The molecule has 1 N–H and O–H groups in total. The molecule has 1 heterocycles. The van der Waals surface area contributed by atoms with Crippen LogP contribution in [-0.2, 0) is 13.5 Å². The smallest absolute Gasteiger partial charge is 0.0522 e. The standard InChI is InChI=1S/C7H13N3.2ClH/c1-8-4-3-7-5-9-10(2)6-7;;/h5-6,8H,3-4H2,1-2H3;2*1H. The zero-order valence-electron chi connectivity index (χ0n) is 7.28. The normalized spacial score (nSPS) is 8.50. The van der Waals surface area contributed by atoms with Gasteiger partial charge in [0.2, 0.25) is 0 Å². The fourth-order valence-electron chi connectivity index (χ4n) is 0.870. The Balaban J connectivity index is 0. The second kappa shape index (κ2) is 7.40. The van der Waals surface area contributed by atoms with Crippen LogP contribution < -0.4 is 5.32 Å². The maximum absolute atomic E-state index is 4.06. The average molecular weight is 212 g/mol. The van der Waals surface area contributed by atoms with Crippen LogP contribution in [0.1, 0.15) is 5.56 Å². The van der Waals surface area contributed by atoms with Gasteiger partial charge in [0.1, 0.15) is 0 Å². The first-order valence-electron chi connectivity index (χ1n) is 3.45. The molecule has 0 aromatic carbocycles. The van der Waals surface area contributed by atoms with Crippen LogP contribution in [0.2, 0.25) is 0 Å². The zero-order chi connectivity index (χ0) is 7.40. The van der Waals surface area contributed by atoms with E-state index >= 15 is 0 Å². The van der Waals surface area contributed by atoms with Gasteiger partial charge in [0.05, 0.1) is 6.20 Å². The quantitative estimate of drug-likeness (QED) is 0.810. The first-order chi connectivity index (χ1) is 4.83. The van der Waals surface area contributed by atoms with E-state index in [1.807, 2.05) is 31.2 Å². The molecule has 0 spiro atoms. The molecule has 0 aliphatic heterocycles. The molecular weight excluding hydrogens is 197 g/mol. The highest BCUT2D eigenvalue weighted by Gasteiger charge is 1.92. The predicted octanol–water partition coefficient (Wildman–Crippen LogP) is 1.03. The van der Waals surface area contributed by atoms with Crippen molar-refractivity contribution in [3.05, 3.63) is 18.0 Å². The van der Waals surface area contributed by atoms with Gasteiger partial charge in [-0.1, -0.05) is 0 Å². The highest BCUT2D eigenvalue weighted by atomic mass is 35.5. The van der Waals surface area contributed by atoms with E-state index < -0.39 is 0 Å². The van der Waals surface area contributed by atoms with Gasteiger partial charge in [-0.2, -0.15) is 5.10 Å². The highest BCUT2D eigenvalue weighted by molar-refractivity contribution is 5.85. The summed E-state index contributed by atoms with van der Waals surface area (Å²) in [6.45, 7) is 1.02. The second-order valence-electron chi connectivity index (χ2n) is 2.38. The van der Waals surface area contributed by atoms with Crippen molar-refractivity contribution in [3.8, 4) is 0 Å². The van der Waals surface area contributed by atoms with Crippen molar-refractivity contribution >= 4 is 24.8 Å². The Morgan fingerprint density at radius 2 is 2.17 bits per heavy atom. The van der Waals surface area contributed by atoms with E-state index in [1.54, 1.807) is 0 Å². The Hall–Kier alpha value is -0.250. The third-order valence-electron chi connectivity index (χ3n) is 1.42. The Kier molecular flexibility index (Phi) is 8.81. The Morgan fingerprint density at radius 3 is 2.58 bits per heavy atom. The summed E-state index contributed by atoms with van der Waals surface area (Å²) in [5, 5.41) is 7.15. The first-order valence-corrected chi connectivity index (χ1v) is 3.45. The van der Waals surface area contributed by atoms with Crippen LogP contribution in [0.3, 0.4) is 0 Å². The summed E-state index contributed by atoms with van der Waals surface area (Å²) in [6.07, 6.45) is 5.00. The molecule has 0 unspecified atom stereocenters. The maximum atomic E-state index is 4.06. The fraction of sp³-hybridized carbons (Fsp3) is 0.571. The van der Waals surface area contributed by atoms with Crippen molar-refractivity contribution in [2.75, 3.05) is 13.6 Å². The molecular formula is C7H15Cl2N3. The summed E-state index contributed by atoms with van der Waals surface area (Å²) in [5.41, 5.74) is 1.29. The molecule has 0 radical (unpaired) electrons. The van der Waals surface area contributed by atoms with E-state index in [0.717, 1.165) is 13.0 Å². The minimum absolute atomic E-state index is 0. The molecule has 0 saturated heterocycles. The van der Waals surface area contributed by atoms with Gasteiger partial charge in [0.15, 0.2) is 0 Å². The predicted molar refractivity (Wildman–Crippen MR) is 55.3 cm³/mol. The Labute approximate surface area is 85.4 Å². The highest BCUT2D eigenvalue weighted by Crippen LogP contribution is 1.95.